The molecule has 0 aromatic carbocycles. The Bertz CT molecular complexity index is 1030. The van der Waals surface area contributed by atoms with E-state index in [1.165, 1.54) is 10.6 Å². The molecule has 0 bridgehead atoms. The number of anilines is 1. The molecule has 3 heterocycles. The fraction of sp³-hybridized carbons (Fsp3) is 0.375. The van der Waals surface area contributed by atoms with Crippen LogP contribution in [-0.2, 0) is 9.47 Å². The van der Waals surface area contributed by atoms with E-state index in [0.717, 1.165) is 0 Å². The molecule has 0 spiro atoms. The van der Waals surface area contributed by atoms with Crippen LogP contribution < -0.4 is 16.2 Å². The molecule has 3 aromatic heterocycles. The highest BCUT2D eigenvalue weighted by molar-refractivity contribution is 5.61. The third-order valence-electron chi connectivity index (χ3n) is 3.64. The van der Waals surface area contributed by atoms with Crippen LogP contribution >= 0.6 is 0 Å². The van der Waals surface area contributed by atoms with E-state index in [1.807, 2.05) is 0 Å². The minimum Gasteiger partial charge on any atom is -0.494 e. The van der Waals surface area contributed by atoms with Crippen molar-refractivity contribution in [2.24, 2.45) is 4.99 Å². The monoisotopic (exact) mass is 375 g/mol. The number of hydrogen-bond donors (Lipinski definition) is 4. The van der Waals surface area contributed by atoms with Gasteiger partial charge in [-0.2, -0.15) is 19.6 Å². The van der Waals surface area contributed by atoms with Gasteiger partial charge in [0.2, 0.25) is 5.95 Å². The minimum atomic E-state index is -0.149. The summed E-state index contributed by atoms with van der Waals surface area (Å²) in [4.78, 5) is 15.7. The first kappa shape index (κ1) is 18.6. The molecular weight excluding hydrogens is 354 g/mol. The topological polar surface area (TPSA) is 142 Å². The van der Waals surface area contributed by atoms with E-state index in [2.05, 4.69) is 30.4 Å². The molecule has 144 valence electrons. The minimum absolute atomic E-state index is 0.137. The van der Waals surface area contributed by atoms with E-state index in [0.29, 0.717) is 54.3 Å². The van der Waals surface area contributed by atoms with Crippen molar-refractivity contribution in [2.75, 3.05) is 45.8 Å². The van der Waals surface area contributed by atoms with Crippen LogP contribution in [-0.4, -0.2) is 75.3 Å². The van der Waals surface area contributed by atoms with Crippen molar-refractivity contribution in [1.29, 1.82) is 0 Å². The number of ether oxygens (including phenoxy) is 2. The molecule has 3 rings (SSSR count). The predicted molar refractivity (Wildman–Crippen MR) is 96.4 cm³/mol. The maximum atomic E-state index is 9.83. The van der Waals surface area contributed by atoms with Gasteiger partial charge in [0, 0.05) is 37.6 Å². The molecule has 0 aliphatic rings. The summed E-state index contributed by atoms with van der Waals surface area (Å²) in [5.74, 6) is 0.0957. The summed E-state index contributed by atoms with van der Waals surface area (Å²) < 4.78 is 11.6. The Kier molecular flexibility index (Phi) is 5.84. The summed E-state index contributed by atoms with van der Waals surface area (Å²) in [7, 11) is 3.21. The molecule has 0 atom stereocenters. The van der Waals surface area contributed by atoms with Crippen molar-refractivity contribution in [3.8, 4) is 11.8 Å². The molecule has 0 unspecified atom stereocenters. The van der Waals surface area contributed by atoms with Gasteiger partial charge in [0.25, 0.3) is 5.62 Å². The highest BCUT2D eigenvalue weighted by Crippen LogP contribution is 2.21. The SMILES string of the molecule is COCCN=c1nc(NCCOC)nc2c(=Cc3cc(O)[nH]c3O)cnn12. The van der Waals surface area contributed by atoms with Gasteiger partial charge in [-0.15, -0.1) is 0 Å². The first-order chi connectivity index (χ1) is 13.1. The summed E-state index contributed by atoms with van der Waals surface area (Å²) in [6.07, 6.45) is 3.24. The zero-order chi connectivity index (χ0) is 19.2. The third-order valence-corrected chi connectivity index (χ3v) is 3.64. The standard InChI is InChI=1S/C16H21N7O4/c1-26-5-3-17-15-21-13-11(7-10-8-12(24)20-14(10)25)9-19-23(13)16(22-15)18-4-6-27-2/h7-9,20,24-25H,3-6H2,1-2H3,(H,17,18,22). The Balaban J connectivity index is 2.10. The van der Waals surface area contributed by atoms with E-state index in [4.69, 9.17) is 9.47 Å². The second-order valence-electron chi connectivity index (χ2n) is 5.58. The summed E-state index contributed by atoms with van der Waals surface area (Å²) in [6.45, 7) is 1.91. The fourth-order valence-electron chi connectivity index (χ4n) is 2.39. The highest BCUT2D eigenvalue weighted by atomic mass is 16.5. The van der Waals surface area contributed by atoms with Crippen molar-refractivity contribution >= 4 is 17.7 Å². The van der Waals surface area contributed by atoms with Gasteiger partial charge in [0.05, 0.1) is 26.0 Å². The molecule has 27 heavy (non-hydrogen) atoms. The Hall–Kier alpha value is -3.18. The summed E-state index contributed by atoms with van der Waals surface area (Å²) in [5, 5.41) is 27.3. The van der Waals surface area contributed by atoms with Crippen LogP contribution in [0.2, 0.25) is 0 Å². The number of aromatic amines is 1. The Morgan fingerprint density at radius 3 is 2.78 bits per heavy atom. The quantitative estimate of drug-likeness (QED) is 0.368. The Morgan fingerprint density at radius 1 is 1.26 bits per heavy atom. The zero-order valence-corrected chi connectivity index (χ0v) is 15.0. The van der Waals surface area contributed by atoms with Crippen molar-refractivity contribution in [3.05, 3.63) is 28.7 Å². The van der Waals surface area contributed by atoms with E-state index in [1.54, 1.807) is 26.5 Å². The third kappa shape index (κ3) is 4.33. The number of aromatic nitrogens is 5. The van der Waals surface area contributed by atoms with E-state index < -0.39 is 0 Å². The van der Waals surface area contributed by atoms with Crippen LogP contribution in [0.5, 0.6) is 11.8 Å². The van der Waals surface area contributed by atoms with Crippen molar-refractivity contribution < 1.29 is 19.7 Å². The molecule has 11 heteroatoms. The van der Waals surface area contributed by atoms with E-state index in [9.17, 15) is 10.2 Å². The molecule has 0 amide bonds. The molecule has 0 fully saturated rings. The van der Waals surface area contributed by atoms with Crippen molar-refractivity contribution in [3.63, 3.8) is 0 Å². The lowest BCUT2D eigenvalue weighted by Gasteiger charge is -2.04. The number of rotatable bonds is 8. The van der Waals surface area contributed by atoms with Crippen LogP contribution in [0, 0.1) is 0 Å². The van der Waals surface area contributed by atoms with Crippen LogP contribution in [0.3, 0.4) is 0 Å². The first-order valence-corrected chi connectivity index (χ1v) is 8.23. The second-order valence-corrected chi connectivity index (χ2v) is 5.58. The van der Waals surface area contributed by atoms with E-state index >= 15 is 0 Å². The van der Waals surface area contributed by atoms with Gasteiger partial charge in [-0.25, -0.2) is 4.99 Å². The fourth-order valence-corrected chi connectivity index (χ4v) is 2.39. The van der Waals surface area contributed by atoms with Gasteiger partial charge in [-0.3, -0.25) is 4.98 Å². The molecule has 0 saturated heterocycles. The van der Waals surface area contributed by atoms with Crippen LogP contribution in [0.25, 0.3) is 11.7 Å². The molecule has 0 saturated carbocycles. The van der Waals surface area contributed by atoms with Gasteiger partial charge in [-0.05, 0) is 6.08 Å². The number of nitrogens with zero attached hydrogens (tertiary/aromatic N) is 5. The highest BCUT2D eigenvalue weighted by Gasteiger charge is 2.09. The molecule has 0 aliphatic carbocycles. The smallest absolute Gasteiger partial charge is 0.251 e. The van der Waals surface area contributed by atoms with E-state index in [-0.39, 0.29) is 11.8 Å². The largest absolute Gasteiger partial charge is 0.494 e. The lowest BCUT2D eigenvalue weighted by molar-refractivity contribution is 0.207. The molecule has 4 N–H and O–H groups in total. The van der Waals surface area contributed by atoms with Gasteiger partial charge >= 0.3 is 0 Å². The van der Waals surface area contributed by atoms with Crippen molar-refractivity contribution in [2.45, 2.75) is 0 Å². The second kappa shape index (κ2) is 8.47. The lowest BCUT2D eigenvalue weighted by Crippen LogP contribution is -2.25. The average Bonchev–Trinajstić information content (AvgIpc) is 3.18. The summed E-state index contributed by atoms with van der Waals surface area (Å²) in [6, 6.07) is 1.40. The number of fused-ring (bicyclic) bond motifs is 1. The van der Waals surface area contributed by atoms with Crippen molar-refractivity contribution in [1.82, 2.24) is 24.6 Å². The normalized spacial score (nSPS) is 13.0. The Labute approximate surface area is 154 Å². The van der Waals surface area contributed by atoms with Crippen LogP contribution in [0.4, 0.5) is 5.95 Å². The molecule has 3 aromatic rings. The average molecular weight is 375 g/mol. The maximum Gasteiger partial charge on any atom is 0.251 e. The lowest BCUT2D eigenvalue weighted by atomic mass is 10.2. The van der Waals surface area contributed by atoms with Gasteiger partial charge < -0.3 is 25.0 Å². The molecular formula is C16H21N7O4. The molecule has 0 radical (unpaired) electrons. The van der Waals surface area contributed by atoms with Crippen LogP contribution in [0.15, 0.2) is 17.3 Å². The summed E-state index contributed by atoms with van der Waals surface area (Å²) in [5.41, 5.74) is 1.28. The maximum absolute atomic E-state index is 9.83. The van der Waals surface area contributed by atoms with Gasteiger partial charge in [0.1, 0.15) is 0 Å². The Morgan fingerprint density at radius 2 is 2.07 bits per heavy atom. The predicted octanol–water partition coefficient (Wildman–Crippen LogP) is -0.983. The summed E-state index contributed by atoms with van der Waals surface area (Å²) >= 11 is 0. The van der Waals surface area contributed by atoms with Gasteiger partial charge in [0.15, 0.2) is 17.4 Å². The number of nitrogens with one attached hydrogen (secondary N) is 2. The first-order valence-electron chi connectivity index (χ1n) is 8.23. The van der Waals surface area contributed by atoms with Gasteiger partial charge in [-0.1, -0.05) is 0 Å². The zero-order valence-electron chi connectivity index (χ0n) is 15.0. The number of hydrogen-bond acceptors (Lipinski definition) is 9. The number of H-pyrrole nitrogens is 1. The number of methoxy groups -OCH3 is 2. The van der Waals surface area contributed by atoms with Crippen LogP contribution in [0.1, 0.15) is 5.56 Å². The number of aromatic hydroxyl groups is 2. The molecule has 11 nitrogen and oxygen atoms in total. The molecule has 0 aliphatic heterocycles.